The van der Waals surface area contributed by atoms with Crippen LogP contribution in [0.1, 0.15) is 22.6 Å². The minimum atomic E-state index is -4.42. The third-order valence-electron chi connectivity index (χ3n) is 3.73. The van der Waals surface area contributed by atoms with E-state index in [1.807, 2.05) is 18.2 Å². The average molecular weight is 398 g/mol. The number of anilines is 1. The zero-order valence-corrected chi connectivity index (χ0v) is 15.6. The quantitative estimate of drug-likeness (QED) is 0.266. The number of hydrogen-bond donors (Lipinski definition) is 1. The van der Waals surface area contributed by atoms with Crippen molar-refractivity contribution in [3.05, 3.63) is 83.3 Å². The molecule has 2 aromatic carbocycles. The molecule has 3 aromatic rings. The summed E-state index contributed by atoms with van der Waals surface area (Å²) in [5, 5.41) is 12.4. The Morgan fingerprint density at radius 3 is 2.24 bits per heavy atom. The molecule has 1 aromatic heterocycles. The molecule has 0 aliphatic heterocycles. The predicted molar refractivity (Wildman–Crippen MR) is 104 cm³/mol. The van der Waals surface area contributed by atoms with Crippen molar-refractivity contribution in [2.45, 2.75) is 20.0 Å². The lowest BCUT2D eigenvalue weighted by molar-refractivity contribution is -0.137. The van der Waals surface area contributed by atoms with Crippen LogP contribution in [0.15, 0.2) is 76.0 Å². The SMILES string of the molecule is Cc1cc(N=N/C(=N\Nc2ccccc2)c2ccc(C(F)(F)F)cc2)nc(C)n1. The van der Waals surface area contributed by atoms with Crippen molar-refractivity contribution in [1.29, 1.82) is 0 Å². The number of para-hydroxylation sites is 1. The van der Waals surface area contributed by atoms with Crippen LogP contribution in [0.3, 0.4) is 0 Å². The number of aromatic nitrogens is 2. The first-order chi connectivity index (χ1) is 13.8. The molecular weight excluding hydrogens is 381 g/mol. The van der Waals surface area contributed by atoms with Gasteiger partial charge in [0.2, 0.25) is 5.84 Å². The van der Waals surface area contributed by atoms with E-state index in [-0.39, 0.29) is 5.84 Å². The lowest BCUT2D eigenvalue weighted by Gasteiger charge is -2.07. The second-order valence-corrected chi connectivity index (χ2v) is 6.10. The largest absolute Gasteiger partial charge is 0.416 e. The Bertz CT molecular complexity index is 1010. The second kappa shape index (κ2) is 8.59. The molecule has 1 N–H and O–H groups in total. The Kier molecular flexibility index (Phi) is 5.96. The molecule has 0 saturated heterocycles. The summed E-state index contributed by atoms with van der Waals surface area (Å²) in [6.07, 6.45) is -4.42. The van der Waals surface area contributed by atoms with Gasteiger partial charge in [0.05, 0.1) is 11.3 Å². The van der Waals surface area contributed by atoms with Gasteiger partial charge in [0, 0.05) is 17.3 Å². The van der Waals surface area contributed by atoms with E-state index < -0.39 is 11.7 Å². The maximum absolute atomic E-state index is 12.8. The van der Waals surface area contributed by atoms with Crippen molar-refractivity contribution >= 4 is 17.3 Å². The van der Waals surface area contributed by atoms with Gasteiger partial charge < -0.3 is 0 Å². The minimum absolute atomic E-state index is 0.108. The van der Waals surface area contributed by atoms with Crippen LogP contribution in [0.4, 0.5) is 24.7 Å². The fraction of sp³-hybridized carbons (Fsp3) is 0.150. The van der Waals surface area contributed by atoms with E-state index in [0.29, 0.717) is 22.9 Å². The maximum Gasteiger partial charge on any atom is 0.416 e. The average Bonchev–Trinajstić information content (AvgIpc) is 2.67. The van der Waals surface area contributed by atoms with E-state index in [4.69, 9.17) is 0 Å². The molecule has 0 aliphatic rings. The number of halogens is 3. The molecule has 0 fully saturated rings. The topological polar surface area (TPSA) is 74.9 Å². The molecule has 3 rings (SSSR count). The number of hydrazone groups is 1. The van der Waals surface area contributed by atoms with Crippen LogP contribution in [0.25, 0.3) is 0 Å². The second-order valence-electron chi connectivity index (χ2n) is 6.10. The van der Waals surface area contributed by atoms with Gasteiger partial charge in [-0.3, -0.25) is 5.43 Å². The van der Waals surface area contributed by atoms with Crippen LogP contribution in [-0.4, -0.2) is 15.8 Å². The van der Waals surface area contributed by atoms with Crippen LogP contribution in [0, 0.1) is 13.8 Å². The summed E-state index contributed by atoms with van der Waals surface area (Å²) in [5.41, 5.74) is 3.86. The van der Waals surface area contributed by atoms with Crippen molar-refractivity contribution in [2.24, 2.45) is 15.3 Å². The minimum Gasteiger partial charge on any atom is -0.276 e. The highest BCUT2D eigenvalue weighted by Crippen LogP contribution is 2.29. The maximum atomic E-state index is 12.8. The van der Waals surface area contributed by atoms with Crippen LogP contribution in [0.2, 0.25) is 0 Å². The summed E-state index contributed by atoms with van der Waals surface area (Å²) in [6, 6.07) is 15.3. The van der Waals surface area contributed by atoms with E-state index in [1.165, 1.54) is 12.1 Å². The van der Waals surface area contributed by atoms with E-state index in [0.717, 1.165) is 17.8 Å². The number of nitrogens with zero attached hydrogens (tertiary/aromatic N) is 5. The molecular formula is C20H17F3N6. The highest BCUT2D eigenvalue weighted by molar-refractivity contribution is 5.99. The molecule has 0 atom stereocenters. The molecule has 0 aliphatic carbocycles. The number of rotatable bonds is 4. The molecule has 0 bridgehead atoms. The highest BCUT2D eigenvalue weighted by Gasteiger charge is 2.30. The summed E-state index contributed by atoms with van der Waals surface area (Å²) in [4.78, 5) is 8.33. The van der Waals surface area contributed by atoms with Gasteiger partial charge in [0.1, 0.15) is 5.82 Å². The Labute approximate surface area is 165 Å². The molecule has 0 saturated carbocycles. The Morgan fingerprint density at radius 2 is 1.62 bits per heavy atom. The number of hydrogen-bond acceptors (Lipinski definition) is 5. The monoisotopic (exact) mass is 398 g/mol. The number of aryl methyl sites for hydroxylation is 2. The number of amidine groups is 1. The highest BCUT2D eigenvalue weighted by atomic mass is 19.4. The summed E-state index contributed by atoms with van der Waals surface area (Å²) >= 11 is 0. The molecule has 0 spiro atoms. The van der Waals surface area contributed by atoms with E-state index in [1.54, 1.807) is 32.0 Å². The third kappa shape index (κ3) is 5.68. The molecule has 0 amide bonds. The van der Waals surface area contributed by atoms with Crippen LogP contribution in [-0.2, 0) is 6.18 Å². The fourth-order valence-electron chi connectivity index (χ4n) is 2.43. The number of azo groups is 1. The van der Waals surface area contributed by atoms with E-state index in [2.05, 4.69) is 30.7 Å². The first kappa shape index (κ1) is 20.1. The molecule has 148 valence electrons. The normalized spacial score (nSPS) is 12.4. The molecule has 1 heterocycles. The van der Waals surface area contributed by atoms with Gasteiger partial charge in [-0.25, -0.2) is 9.97 Å². The first-order valence-electron chi connectivity index (χ1n) is 8.62. The van der Waals surface area contributed by atoms with Gasteiger partial charge in [-0.1, -0.05) is 30.3 Å². The van der Waals surface area contributed by atoms with Crippen LogP contribution < -0.4 is 5.43 Å². The number of alkyl halides is 3. The lowest BCUT2D eigenvalue weighted by atomic mass is 10.1. The van der Waals surface area contributed by atoms with E-state index >= 15 is 0 Å². The van der Waals surface area contributed by atoms with Crippen molar-refractivity contribution in [3.8, 4) is 0 Å². The van der Waals surface area contributed by atoms with Gasteiger partial charge in [-0.05, 0) is 38.1 Å². The molecule has 9 heteroatoms. The van der Waals surface area contributed by atoms with Gasteiger partial charge in [0.25, 0.3) is 0 Å². The Morgan fingerprint density at radius 1 is 0.931 bits per heavy atom. The summed E-state index contributed by atoms with van der Waals surface area (Å²) in [5.74, 6) is 0.972. The van der Waals surface area contributed by atoms with Gasteiger partial charge in [0.15, 0.2) is 5.82 Å². The summed E-state index contributed by atoms with van der Waals surface area (Å²) in [6.45, 7) is 3.53. The van der Waals surface area contributed by atoms with Crippen molar-refractivity contribution < 1.29 is 13.2 Å². The van der Waals surface area contributed by atoms with Crippen molar-refractivity contribution in [2.75, 3.05) is 5.43 Å². The van der Waals surface area contributed by atoms with Gasteiger partial charge in [-0.15, -0.1) is 10.2 Å². The van der Waals surface area contributed by atoms with Gasteiger partial charge >= 0.3 is 6.18 Å². The van der Waals surface area contributed by atoms with Crippen molar-refractivity contribution in [3.63, 3.8) is 0 Å². The lowest BCUT2D eigenvalue weighted by Crippen LogP contribution is -2.06. The Balaban J connectivity index is 1.93. The molecule has 29 heavy (non-hydrogen) atoms. The predicted octanol–water partition coefficient (Wildman–Crippen LogP) is 5.67. The molecule has 0 unspecified atom stereocenters. The van der Waals surface area contributed by atoms with Gasteiger partial charge in [-0.2, -0.15) is 18.3 Å². The third-order valence-corrected chi connectivity index (χ3v) is 3.73. The first-order valence-corrected chi connectivity index (χ1v) is 8.62. The number of benzene rings is 2. The molecule has 6 nitrogen and oxygen atoms in total. The van der Waals surface area contributed by atoms with Crippen LogP contribution >= 0.6 is 0 Å². The fourth-order valence-corrected chi connectivity index (χ4v) is 2.43. The van der Waals surface area contributed by atoms with Crippen molar-refractivity contribution in [1.82, 2.24) is 9.97 Å². The van der Waals surface area contributed by atoms with Crippen LogP contribution in [0.5, 0.6) is 0 Å². The summed E-state index contributed by atoms with van der Waals surface area (Å²) in [7, 11) is 0. The molecule has 0 radical (unpaired) electrons. The van der Waals surface area contributed by atoms with E-state index in [9.17, 15) is 13.2 Å². The Hall–Kier alpha value is -3.62. The zero-order chi connectivity index (χ0) is 20.9. The number of nitrogens with one attached hydrogen (secondary N) is 1. The summed E-state index contributed by atoms with van der Waals surface area (Å²) < 4.78 is 38.5. The smallest absolute Gasteiger partial charge is 0.276 e. The zero-order valence-electron chi connectivity index (χ0n) is 15.6. The standard InChI is InChI=1S/C20H17F3N6/c1-13-12-18(25-14(2)24-13)27-29-19(28-26-17-6-4-3-5-7-17)15-8-10-16(11-9-15)20(21,22)23/h3-12,26H,1-2H3/b28-19-,29-27?.